The molecule has 6 nitrogen and oxygen atoms in total. The zero-order valence-electron chi connectivity index (χ0n) is 7.47. The van der Waals surface area contributed by atoms with Gasteiger partial charge in [-0.1, -0.05) is 6.08 Å². The monoisotopic (exact) mass is 191 g/mol. The molecule has 72 valence electrons. The summed E-state index contributed by atoms with van der Waals surface area (Å²) < 4.78 is 1.30. The first kappa shape index (κ1) is 9.92. The smallest absolute Gasteiger partial charge is 0.252 e. The number of carbonyl (C=O) groups excluding carboxylic acids is 1. The van der Waals surface area contributed by atoms with E-state index in [9.17, 15) is 4.79 Å². The first-order valence-corrected chi connectivity index (χ1v) is 3.93. The highest BCUT2D eigenvalue weighted by atomic mass is 16.2. The molecule has 0 unspecified atom stereocenters. The number of nitriles is 1. The van der Waals surface area contributed by atoms with E-state index in [0.29, 0.717) is 6.54 Å². The second kappa shape index (κ2) is 4.77. The highest BCUT2D eigenvalue weighted by Crippen LogP contribution is 1.86. The van der Waals surface area contributed by atoms with Crippen molar-refractivity contribution in [1.29, 1.82) is 5.26 Å². The van der Waals surface area contributed by atoms with E-state index in [1.165, 1.54) is 11.0 Å². The predicted octanol–water partition coefficient (Wildman–Crippen LogP) is -0.548. The Kier molecular flexibility index (Phi) is 3.38. The van der Waals surface area contributed by atoms with E-state index < -0.39 is 0 Å². The average molecular weight is 191 g/mol. The summed E-state index contributed by atoms with van der Waals surface area (Å²) >= 11 is 0. The van der Waals surface area contributed by atoms with E-state index in [2.05, 4.69) is 22.0 Å². The molecule has 0 aromatic carbocycles. The molecule has 0 fully saturated rings. The molecule has 0 atom stereocenters. The van der Waals surface area contributed by atoms with Gasteiger partial charge in [0.15, 0.2) is 0 Å². The number of hydrogen-bond acceptors (Lipinski definition) is 4. The van der Waals surface area contributed by atoms with E-state index in [0.717, 1.165) is 0 Å². The van der Waals surface area contributed by atoms with Gasteiger partial charge in [-0.3, -0.25) is 4.79 Å². The Balaban J connectivity index is 2.48. The molecule has 1 heterocycles. The lowest BCUT2D eigenvalue weighted by molar-refractivity contribution is -0.121. The maximum absolute atomic E-state index is 11.1. The van der Waals surface area contributed by atoms with Gasteiger partial charge in [0, 0.05) is 6.54 Å². The van der Waals surface area contributed by atoms with Crippen molar-refractivity contribution in [2.45, 2.75) is 6.54 Å². The molecule has 6 heteroatoms. The number of nitrogens with zero attached hydrogens (tertiary/aromatic N) is 4. The second-order valence-electron chi connectivity index (χ2n) is 2.47. The van der Waals surface area contributed by atoms with Crippen LogP contribution in [0.3, 0.4) is 0 Å². The molecular formula is C8H9N5O. The Labute approximate surface area is 80.9 Å². The summed E-state index contributed by atoms with van der Waals surface area (Å²) in [6.07, 6.45) is 2.92. The van der Waals surface area contributed by atoms with Crippen molar-refractivity contribution >= 4 is 5.91 Å². The highest BCUT2D eigenvalue weighted by Gasteiger charge is 2.03. The molecule has 0 spiro atoms. The van der Waals surface area contributed by atoms with E-state index in [1.807, 2.05) is 0 Å². The zero-order chi connectivity index (χ0) is 10.4. The Hall–Kier alpha value is -2.16. The van der Waals surface area contributed by atoms with Crippen molar-refractivity contribution in [3.8, 4) is 6.07 Å². The lowest BCUT2D eigenvalue weighted by atomic mass is 10.5. The van der Waals surface area contributed by atoms with Gasteiger partial charge in [0.2, 0.25) is 5.91 Å². The zero-order valence-corrected chi connectivity index (χ0v) is 7.47. The topological polar surface area (TPSA) is 83.6 Å². The van der Waals surface area contributed by atoms with Gasteiger partial charge in [-0.05, 0) is 0 Å². The predicted molar refractivity (Wildman–Crippen MR) is 47.9 cm³/mol. The summed E-state index contributed by atoms with van der Waals surface area (Å²) in [6, 6.07) is 1.77. The number of carbonyl (C=O) groups is 1. The molecule has 1 aromatic rings. The normalized spacial score (nSPS) is 9.07. The Bertz CT molecular complexity index is 375. The standard InChI is InChI=1S/C8H9N5O/c1-2-3-10-8(14)5-13-6-11-7(4-9)12-13/h2,6H,1,3,5H2,(H,10,14). The molecular weight excluding hydrogens is 182 g/mol. The molecule has 0 saturated heterocycles. The van der Waals surface area contributed by atoms with Crippen LogP contribution in [0, 0.1) is 11.3 Å². The third-order valence-electron chi connectivity index (χ3n) is 1.39. The highest BCUT2D eigenvalue weighted by molar-refractivity contribution is 5.75. The number of amides is 1. The minimum atomic E-state index is -0.195. The van der Waals surface area contributed by atoms with Crippen LogP contribution < -0.4 is 5.32 Å². The number of aromatic nitrogens is 3. The molecule has 1 rings (SSSR count). The average Bonchev–Trinajstić information content (AvgIpc) is 2.62. The Morgan fingerprint density at radius 3 is 3.21 bits per heavy atom. The van der Waals surface area contributed by atoms with E-state index >= 15 is 0 Å². The molecule has 0 saturated carbocycles. The first-order valence-electron chi connectivity index (χ1n) is 3.93. The van der Waals surface area contributed by atoms with Crippen molar-refractivity contribution in [3.63, 3.8) is 0 Å². The van der Waals surface area contributed by atoms with Gasteiger partial charge in [-0.15, -0.1) is 11.7 Å². The molecule has 0 aliphatic heterocycles. The van der Waals surface area contributed by atoms with Gasteiger partial charge < -0.3 is 5.32 Å². The summed E-state index contributed by atoms with van der Waals surface area (Å²) in [6.45, 7) is 3.94. The van der Waals surface area contributed by atoms with Crippen LogP contribution in [0.4, 0.5) is 0 Å². The lowest BCUT2D eigenvalue weighted by Gasteiger charge is -2.00. The molecule has 1 amide bonds. The summed E-state index contributed by atoms with van der Waals surface area (Å²) in [5.41, 5.74) is 0. The number of rotatable bonds is 4. The number of nitrogens with one attached hydrogen (secondary N) is 1. The Morgan fingerprint density at radius 2 is 2.64 bits per heavy atom. The summed E-state index contributed by atoms with van der Waals surface area (Å²) in [7, 11) is 0. The first-order chi connectivity index (χ1) is 6.76. The van der Waals surface area contributed by atoms with E-state index in [-0.39, 0.29) is 18.3 Å². The largest absolute Gasteiger partial charge is 0.351 e. The fraction of sp³-hybridized carbons (Fsp3) is 0.250. The summed E-state index contributed by atoms with van der Waals surface area (Å²) in [5, 5.41) is 14.7. The van der Waals surface area contributed by atoms with Crippen LogP contribution in [0.25, 0.3) is 0 Å². The molecule has 1 aromatic heterocycles. The van der Waals surface area contributed by atoms with Gasteiger partial charge >= 0.3 is 0 Å². The summed E-state index contributed by atoms with van der Waals surface area (Å²) in [4.78, 5) is 14.8. The molecule has 0 aliphatic carbocycles. The van der Waals surface area contributed by atoms with Gasteiger partial charge in [0.1, 0.15) is 18.9 Å². The molecule has 1 N–H and O–H groups in total. The SMILES string of the molecule is C=CCNC(=O)Cn1cnc(C#N)n1. The summed E-state index contributed by atoms with van der Waals surface area (Å²) in [5.74, 6) is -0.138. The third kappa shape index (κ3) is 2.71. The maximum atomic E-state index is 11.1. The van der Waals surface area contributed by atoms with Crippen molar-refractivity contribution in [3.05, 3.63) is 24.8 Å². The van der Waals surface area contributed by atoms with Crippen molar-refractivity contribution in [2.24, 2.45) is 0 Å². The van der Waals surface area contributed by atoms with Crippen LogP contribution >= 0.6 is 0 Å². The van der Waals surface area contributed by atoms with Crippen molar-refractivity contribution < 1.29 is 4.79 Å². The van der Waals surface area contributed by atoms with Gasteiger partial charge in [-0.2, -0.15) is 5.26 Å². The number of hydrogen-bond donors (Lipinski definition) is 1. The van der Waals surface area contributed by atoms with Gasteiger partial charge in [0.05, 0.1) is 0 Å². The van der Waals surface area contributed by atoms with Gasteiger partial charge in [0.25, 0.3) is 5.82 Å². The quantitative estimate of drug-likeness (QED) is 0.647. The van der Waals surface area contributed by atoms with E-state index in [4.69, 9.17) is 5.26 Å². The fourth-order valence-electron chi connectivity index (χ4n) is 0.811. The minimum absolute atomic E-state index is 0.0570. The van der Waals surface area contributed by atoms with Crippen molar-refractivity contribution in [1.82, 2.24) is 20.1 Å². The van der Waals surface area contributed by atoms with Crippen LogP contribution in [-0.4, -0.2) is 27.2 Å². The lowest BCUT2D eigenvalue weighted by Crippen LogP contribution is -2.27. The van der Waals surface area contributed by atoms with Crippen LogP contribution in [0.1, 0.15) is 5.82 Å². The van der Waals surface area contributed by atoms with Crippen LogP contribution in [-0.2, 0) is 11.3 Å². The molecule has 0 aliphatic rings. The van der Waals surface area contributed by atoms with E-state index in [1.54, 1.807) is 12.1 Å². The maximum Gasteiger partial charge on any atom is 0.252 e. The van der Waals surface area contributed by atoms with Gasteiger partial charge in [-0.25, -0.2) is 9.67 Å². The molecule has 14 heavy (non-hydrogen) atoms. The van der Waals surface area contributed by atoms with Crippen LogP contribution in [0.2, 0.25) is 0 Å². The second-order valence-corrected chi connectivity index (χ2v) is 2.47. The van der Waals surface area contributed by atoms with Crippen LogP contribution in [0.5, 0.6) is 0 Å². The Morgan fingerprint density at radius 1 is 1.86 bits per heavy atom. The molecule has 0 radical (unpaired) electrons. The van der Waals surface area contributed by atoms with Crippen molar-refractivity contribution in [2.75, 3.05) is 6.54 Å². The molecule has 0 bridgehead atoms. The minimum Gasteiger partial charge on any atom is -0.351 e. The fourth-order valence-corrected chi connectivity index (χ4v) is 0.811. The van der Waals surface area contributed by atoms with Crippen LogP contribution in [0.15, 0.2) is 19.0 Å². The third-order valence-corrected chi connectivity index (χ3v) is 1.39.